The number of aliphatic hydroxyl groups is 1. The van der Waals surface area contributed by atoms with Crippen LogP contribution in [0.15, 0.2) is 24.5 Å². The summed E-state index contributed by atoms with van der Waals surface area (Å²) in [6.45, 7) is 7.16. The summed E-state index contributed by atoms with van der Waals surface area (Å²) in [5.41, 5.74) is 1.25. The molecule has 3 rings (SSSR count). The van der Waals surface area contributed by atoms with Crippen LogP contribution in [-0.4, -0.2) is 37.9 Å². The zero-order valence-electron chi connectivity index (χ0n) is 15.3. The average Bonchev–Trinajstić information content (AvgIpc) is 3.24. The molecule has 25 heavy (non-hydrogen) atoms. The van der Waals surface area contributed by atoms with Crippen molar-refractivity contribution in [2.24, 2.45) is 5.92 Å². The fourth-order valence-corrected chi connectivity index (χ4v) is 3.66. The van der Waals surface area contributed by atoms with Gasteiger partial charge in [-0.25, -0.2) is 4.98 Å². The van der Waals surface area contributed by atoms with E-state index < -0.39 is 0 Å². The Morgan fingerprint density at radius 3 is 2.68 bits per heavy atom. The lowest BCUT2D eigenvalue weighted by Crippen LogP contribution is -2.30. The Bertz CT molecular complexity index is 657. The number of hydrogen-bond acceptors (Lipinski definition) is 5. The molecule has 0 bridgehead atoms. The van der Waals surface area contributed by atoms with Gasteiger partial charge in [0, 0.05) is 36.8 Å². The van der Waals surface area contributed by atoms with E-state index in [1.54, 1.807) is 0 Å². The van der Waals surface area contributed by atoms with Gasteiger partial charge in [-0.1, -0.05) is 20.8 Å². The van der Waals surface area contributed by atoms with Crippen molar-refractivity contribution < 1.29 is 5.11 Å². The lowest BCUT2D eigenvalue weighted by atomic mass is 10.0. The Morgan fingerprint density at radius 2 is 2.04 bits per heavy atom. The molecule has 2 heterocycles. The van der Waals surface area contributed by atoms with E-state index in [-0.39, 0.29) is 17.9 Å². The van der Waals surface area contributed by atoms with Gasteiger partial charge in [-0.2, -0.15) is 5.10 Å². The van der Waals surface area contributed by atoms with Crippen molar-refractivity contribution in [1.29, 1.82) is 0 Å². The largest absolute Gasteiger partial charge is 0.393 e. The highest BCUT2D eigenvalue weighted by molar-refractivity contribution is 5.15. The molecule has 1 unspecified atom stereocenters. The molecule has 1 saturated carbocycles. The molecule has 6 heteroatoms. The summed E-state index contributed by atoms with van der Waals surface area (Å²) in [6.07, 6.45) is 6.07. The first kappa shape index (κ1) is 18.0. The maximum absolute atomic E-state index is 10.5. The lowest BCUT2D eigenvalue weighted by Gasteiger charge is -2.21. The van der Waals surface area contributed by atoms with Crippen LogP contribution in [0.25, 0.3) is 0 Å². The van der Waals surface area contributed by atoms with Crippen LogP contribution in [0.2, 0.25) is 0 Å². The van der Waals surface area contributed by atoms with Crippen molar-refractivity contribution in [1.82, 2.24) is 25.5 Å². The minimum Gasteiger partial charge on any atom is -0.393 e. The van der Waals surface area contributed by atoms with Gasteiger partial charge in [0.25, 0.3) is 0 Å². The molecule has 0 spiro atoms. The number of aromatic amines is 1. The number of aromatic nitrogens is 4. The summed E-state index contributed by atoms with van der Waals surface area (Å²) < 4.78 is 0. The molecule has 136 valence electrons. The molecule has 1 fully saturated rings. The predicted octanol–water partition coefficient (Wildman–Crippen LogP) is 2.92. The van der Waals surface area contributed by atoms with E-state index in [2.05, 4.69) is 58.4 Å². The lowest BCUT2D eigenvalue weighted by molar-refractivity contribution is 0.129. The normalized spacial score (nSPS) is 24.8. The molecule has 2 aromatic heterocycles. The second-order valence-corrected chi connectivity index (χ2v) is 7.38. The summed E-state index contributed by atoms with van der Waals surface area (Å²) in [4.78, 5) is 8.70. The van der Waals surface area contributed by atoms with Crippen molar-refractivity contribution in [3.8, 4) is 0 Å². The molecule has 1 aliphatic carbocycles. The molecular formula is C19H29N5O. The van der Waals surface area contributed by atoms with Gasteiger partial charge in [-0.3, -0.25) is 10.1 Å². The molecule has 1 aliphatic rings. The van der Waals surface area contributed by atoms with E-state index in [9.17, 15) is 5.11 Å². The molecule has 0 saturated heterocycles. The maximum atomic E-state index is 10.5. The van der Waals surface area contributed by atoms with Crippen molar-refractivity contribution in [2.45, 2.75) is 64.0 Å². The Morgan fingerprint density at radius 1 is 1.28 bits per heavy atom. The number of hydrogen-bond donors (Lipinski definition) is 3. The molecule has 3 N–H and O–H groups in total. The third-order valence-electron chi connectivity index (χ3n) is 5.22. The van der Waals surface area contributed by atoms with Crippen molar-refractivity contribution >= 4 is 0 Å². The first-order valence-corrected chi connectivity index (χ1v) is 9.32. The van der Waals surface area contributed by atoms with E-state index in [4.69, 9.17) is 0 Å². The van der Waals surface area contributed by atoms with Crippen LogP contribution in [-0.2, 0) is 0 Å². The Hall–Kier alpha value is -1.79. The Balaban J connectivity index is 1.58. The Kier molecular flexibility index (Phi) is 5.81. The minimum atomic E-state index is -0.292. The van der Waals surface area contributed by atoms with Crippen molar-refractivity contribution in [3.63, 3.8) is 0 Å². The van der Waals surface area contributed by atoms with Gasteiger partial charge in [0.1, 0.15) is 5.82 Å². The molecule has 0 aromatic carbocycles. The maximum Gasteiger partial charge on any atom is 0.153 e. The monoisotopic (exact) mass is 343 g/mol. The van der Waals surface area contributed by atoms with Gasteiger partial charge < -0.3 is 10.4 Å². The second-order valence-electron chi connectivity index (χ2n) is 7.38. The van der Waals surface area contributed by atoms with Gasteiger partial charge >= 0.3 is 0 Å². The third-order valence-corrected chi connectivity index (χ3v) is 5.22. The van der Waals surface area contributed by atoms with Crippen LogP contribution in [0.1, 0.15) is 75.1 Å². The molecule has 0 radical (unpaired) electrons. The fraction of sp³-hybridized carbons (Fsp3) is 0.632. The number of rotatable bonds is 7. The molecule has 6 nitrogen and oxygen atoms in total. The van der Waals surface area contributed by atoms with E-state index in [1.807, 2.05) is 12.4 Å². The van der Waals surface area contributed by atoms with Crippen LogP contribution < -0.4 is 5.32 Å². The summed E-state index contributed by atoms with van der Waals surface area (Å²) in [6, 6.07) is 4.40. The van der Waals surface area contributed by atoms with Crippen molar-refractivity contribution in [3.05, 3.63) is 41.7 Å². The first-order chi connectivity index (χ1) is 12.1. The van der Waals surface area contributed by atoms with Crippen LogP contribution in [0.5, 0.6) is 0 Å². The zero-order chi connectivity index (χ0) is 17.8. The van der Waals surface area contributed by atoms with E-state index in [0.717, 1.165) is 37.5 Å². The van der Waals surface area contributed by atoms with Crippen LogP contribution in [0.4, 0.5) is 0 Å². The third kappa shape index (κ3) is 4.25. The van der Waals surface area contributed by atoms with Gasteiger partial charge in [0.05, 0.1) is 6.10 Å². The summed E-state index contributed by atoms with van der Waals surface area (Å²) in [5.74, 6) is 2.61. The van der Waals surface area contributed by atoms with Gasteiger partial charge in [-0.15, -0.1) is 0 Å². The molecule has 0 aliphatic heterocycles. The summed E-state index contributed by atoms with van der Waals surface area (Å²) >= 11 is 0. The summed E-state index contributed by atoms with van der Waals surface area (Å²) in [7, 11) is 0. The fourth-order valence-electron chi connectivity index (χ4n) is 3.66. The highest BCUT2D eigenvalue weighted by Crippen LogP contribution is 2.37. The predicted molar refractivity (Wildman–Crippen MR) is 97.2 cm³/mol. The number of nitrogens with one attached hydrogen (secondary N) is 2. The number of nitrogens with zero attached hydrogens (tertiary/aromatic N) is 3. The van der Waals surface area contributed by atoms with E-state index in [1.165, 1.54) is 5.56 Å². The highest BCUT2D eigenvalue weighted by atomic mass is 16.3. The van der Waals surface area contributed by atoms with Crippen LogP contribution in [0, 0.1) is 5.92 Å². The highest BCUT2D eigenvalue weighted by Gasteiger charge is 2.35. The van der Waals surface area contributed by atoms with Gasteiger partial charge in [-0.05, 0) is 42.9 Å². The summed E-state index contributed by atoms with van der Waals surface area (Å²) in [5, 5.41) is 21.5. The van der Waals surface area contributed by atoms with Gasteiger partial charge in [0.2, 0.25) is 0 Å². The number of H-pyrrole nitrogens is 1. The average molecular weight is 343 g/mol. The standard InChI is InChI=1S/C19H29N5O/c1-4-16(13-5-7-20-8-6-13)21-11-15-9-14(10-17(15)25)19-22-18(12(2)3)23-24-19/h5-8,12,14-17,21,25H,4,9-11H2,1-3H3,(H,22,23,24)/t14-,15+,16?,17+/m1/s1. The number of pyridine rings is 1. The number of aliphatic hydroxyl groups excluding tert-OH is 1. The van der Waals surface area contributed by atoms with Crippen LogP contribution in [0.3, 0.4) is 0 Å². The SMILES string of the molecule is CCC(NC[C@@H]1C[C@@H](c2nc(C(C)C)n[nH]2)C[C@@H]1O)c1ccncc1. The van der Waals surface area contributed by atoms with E-state index in [0.29, 0.717) is 12.0 Å². The van der Waals surface area contributed by atoms with Crippen molar-refractivity contribution in [2.75, 3.05) is 6.54 Å². The smallest absolute Gasteiger partial charge is 0.153 e. The van der Waals surface area contributed by atoms with E-state index >= 15 is 0 Å². The molecule has 0 amide bonds. The van der Waals surface area contributed by atoms with Gasteiger partial charge in [0.15, 0.2) is 5.82 Å². The first-order valence-electron chi connectivity index (χ1n) is 9.32. The molecule has 4 atom stereocenters. The minimum absolute atomic E-state index is 0.244. The zero-order valence-corrected chi connectivity index (χ0v) is 15.3. The quantitative estimate of drug-likeness (QED) is 0.719. The Labute approximate surface area is 149 Å². The van der Waals surface area contributed by atoms with Crippen LogP contribution >= 0.6 is 0 Å². The molecular weight excluding hydrogens is 314 g/mol. The second kappa shape index (κ2) is 8.06. The molecule has 2 aromatic rings. The topological polar surface area (TPSA) is 86.7 Å².